The third kappa shape index (κ3) is 3.95. The molecule has 0 radical (unpaired) electrons. The Morgan fingerprint density at radius 2 is 1.90 bits per heavy atom. The van der Waals surface area contributed by atoms with Gasteiger partial charge in [-0.3, -0.25) is 9.36 Å². The maximum absolute atomic E-state index is 13.5. The van der Waals surface area contributed by atoms with E-state index in [9.17, 15) is 17.6 Å². The van der Waals surface area contributed by atoms with Crippen LogP contribution in [0.15, 0.2) is 77.2 Å². The highest BCUT2D eigenvalue weighted by molar-refractivity contribution is 7.92. The van der Waals surface area contributed by atoms with Crippen molar-refractivity contribution < 1.29 is 17.6 Å². The second-order valence-corrected chi connectivity index (χ2v) is 8.38. The van der Waals surface area contributed by atoms with Gasteiger partial charge in [0.1, 0.15) is 11.6 Å². The molecule has 1 aliphatic heterocycles. The summed E-state index contributed by atoms with van der Waals surface area (Å²) >= 11 is 0. The van der Waals surface area contributed by atoms with Gasteiger partial charge >= 0.3 is 0 Å². The summed E-state index contributed by atoms with van der Waals surface area (Å²) < 4.78 is 40.4. The third-order valence-electron chi connectivity index (χ3n) is 4.48. The van der Waals surface area contributed by atoms with Gasteiger partial charge in [-0.15, -0.1) is 0 Å². The maximum atomic E-state index is 13.5. The van der Waals surface area contributed by atoms with Crippen LogP contribution in [0.25, 0.3) is 5.69 Å². The minimum absolute atomic E-state index is 0.305. The van der Waals surface area contributed by atoms with Gasteiger partial charge < -0.3 is 0 Å². The second-order valence-electron chi connectivity index (χ2n) is 6.50. The third-order valence-corrected chi connectivity index (χ3v) is 5.97. The molecule has 7 nitrogen and oxygen atoms in total. The number of sulfone groups is 1. The van der Waals surface area contributed by atoms with Crippen molar-refractivity contribution in [2.75, 3.05) is 12.3 Å². The molecule has 0 unspecified atom stereocenters. The van der Waals surface area contributed by atoms with E-state index in [0.717, 1.165) is 11.3 Å². The Morgan fingerprint density at radius 1 is 1.10 bits per heavy atom. The highest BCUT2D eigenvalue weighted by Gasteiger charge is 2.30. The van der Waals surface area contributed by atoms with Crippen LogP contribution in [0.4, 0.5) is 4.39 Å². The van der Waals surface area contributed by atoms with Crippen LogP contribution >= 0.6 is 0 Å². The topological polar surface area (TPSA) is 84.6 Å². The highest BCUT2D eigenvalue weighted by atomic mass is 32.2. The van der Waals surface area contributed by atoms with Gasteiger partial charge in [-0.25, -0.2) is 22.8 Å². The molecular weight excluding hydrogens is 395 g/mol. The molecule has 2 heterocycles. The minimum atomic E-state index is -4.06. The Labute approximate surface area is 167 Å². The van der Waals surface area contributed by atoms with Gasteiger partial charge in [0, 0.05) is 18.8 Å². The molecule has 0 atom stereocenters. The number of benzene rings is 2. The van der Waals surface area contributed by atoms with E-state index in [4.69, 9.17) is 0 Å². The number of amides is 1. The van der Waals surface area contributed by atoms with E-state index in [1.165, 1.54) is 40.2 Å². The van der Waals surface area contributed by atoms with Crippen molar-refractivity contribution in [3.8, 4) is 5.69 Å². The van der Waals surface area contributed by atoms with Crippen molar-refractivity contribution in [1.29, 1.82) is 0 Å². The summed E-state index contributed by atoms with van der Waals surface area (Å²) in [5.74, 6) is -1.91. The number of nitrogens with zero attached hydrogens (tertiary/aromatic N) is 4. The molecule has 0 bridgehead atoms. The summed E-state index contributed by atoms with van der Waals surface area (Å²) in [6.45, 7) is 0.316. The van der Waals surface area contributed by atoms with Crippen LogP contribution < -0.4 is 0 Å². The van der Waals surface area contributed by atoms with Crippen LogP contribution in [0.5, 0.6) is 0 Å². The molecule has 1 amide bonds. The summed E-state index contributed by atoms with van der Waals surface area (Å²) in [7, 11) is -4.06. The molecule has 9 heteroatoms. The molecule has 4 rings (SSSR count). The number of halogens is 1. The van der Waals surface area contributed by atoms with E-state index >= 15 is 0 Å². The van der Waals surface area contributed by atoms with Gasteiger partial charge in [-0.1, -0.05) is 36.4 Å². The average molecular weight is 412 g/mol. The zero-order valence-electron chi connectivity index (χ0n) is 15.3. The Balaban J connectivity index is 1.55. The Hall–Kier alpha value is -3.33. The summed E-state index contributed by atoms with van der Waals surface area (Å²) in [6.07, 6.45) is 3.26. The Bertz CT molecular complexity index is 1190. The van der Waals surface area contributed by atoms with E-state index in [-0.39, 0.29) is 5.16 Å². The first-order valence-electron chi connectivity index (χ1n) is 8.89. The number of carbonyl (C=O) groups excluding carboxylic acids is 1. The van der Waals surface area contributed by atoms with Crippen molar-refractivity contribution in [3.63, 3.8) is 0 Å². The van der Waals surface area contributed by atoms with Crippen LogP contribution in [0.3, 0.4) is 0 Å². The summed E-state index contributed by atoms with van der Waals surface area (Å²) in [4.78, 5) is 16.5. The van der Waals surface area contributed by atoms with Gasteiger partial charge in [-0.2, -0.15) is 5.10 Å². The van der Waals surface area contributed by atoms with Gasteiger partial charge in [0.25, 0.3) is 5.91 Å². The highest BCUT2D eigenvalue weighted by Crippen LogP contribution is 2.19. The molecule has 148 valence electrons. The number of aromatic nitrogens is 2. The van der Waals surface area contributed by atoms with E-state index in [0.29, 0.717) is 18.7 Å². The van der Waals surface area contributed by atoms with Gasteiger partial charge in [0.05, 0.1) is 17.9 Å². The average Bonchev–Trinajstić information content (AvgIpc) is 3.39. The fourth-order valence-electron chi connectivity index (χ4n) is 3.11. The largest absolute Gasteiger partial charge is 0.291 e. The number of imidazole rings is 1. The smallest absolute Gasteiger partial charge is 0.258 e. The van der Waals surface area contributed by atoms with E-state index in [2.05, 4.69) is 10.1 Å². The molecule has 1 aliphatic rings. The van der Waals surface area contributed by atoms with Crippen molar-refractivity contribution >= 4 is 21.5 Å². The standard InChI is InChI=1S/C20H17FN4O3S/c21-16-7-4-8-17(13-16)24-12-10-22-20(24)29(27,28)14-19(26)25-11-9-18(23-25)15-5-2-1-3-6-15/h1-8,10,12-13H,9,11,14H2. The summed E-state index contributed by atoms with van der Waals surface area (Å²) in [5.41, 5.74) is 1.93. The van der Waals surface area contributed by atoms with Crippen LogP contribution in [-0.2, 0) is 14.6 Å². The van der Waals surface area contributed by atoms with Gasteiger partial charge in [0.15, 0.2) is 0 Å². The predicted octanol–water partition coefficient (Wildman–Crippen LogP) is 2.42. The van der Waals surface area contributed by atoms with Crippen LogP contribution in [0.2, 0.25) is 0 Å². The van der Waals surface area contributed by atoms with Gasteiger partial charge in [0.2, 0.25) is 15.0 Å². The Morgan fingerprint density at radius 3 is 2.66 bits per heavy atom. The zero-order chi connectivity index (χ0) is 20.4. The predicted molar refractivity (Wildman–Crippen MR) is 105 cm³/mol. The van der Waals surface area contributed by atoms with Crippen LogP contribution in [-0.4, -0.2) is 46.9 Å². The number of rotatable bonds is 5. The molecule has 29 heavy (non-hydrogen) atoms. The van der Waals surface area contributed by atoms with Crippen molar-refractivity contribution in [2.45, 2.75) is 11.6 Å². The zero-order valence-corrected chi connectivity index (χ0v) is 16.1. The normalized spacial score (nSPS) is 14.1. The lowest BCUT2D eigenvalue weighted by molar-refractivity contribution is -0.127. The molecule has 1 aromatic heterocycles. The first-order chi connectivity index (χ1) is 13.9. The minimum Gasteiger partial charge on any atom is -0.291 e. The molecule has 0 spiro atoms. The van der Waals surface area contributed by atoms with E-state index in [1.807, 2.05) is 30.3 Å². The lowest BCUT2D eigenvalue weighted by atomic mass is 10.1. The number of hydrogen-bond donors (Lipinski definition) is 0. The first-order valence-corrected chi connectivity index (χ1v) is 10.5. The summed E-state index contributed by atoms with van der Waals surface area (Å²) in [5, 5.41) is 5.13. The molecule has 2 aromatic carbocycles. The lowest BCUT2D eigenvalue weighted by Crippen LogP contribution is -2.31. The lowest BCUT2D eigenvalue weighted by Gasteiger charge is -2.12. The number of hydrazone groups is 1. The first kappa shape index (κ1) is 19.0. The fourth-order valence-corrected chi connectivity index (χ4v) is 4.41. The van der Waals surface area contributed by atoms with Gasteiger partial charge in [-0.05, 0) is 23.8 Å². The molecule has 0 aliphatic carbocycles. The number of carbonyl (C=O) groups is 1. The molecule has 0 saturated heterocycles. The monoisotopic (exact) mass is 412 g/mol. The number of hydrogen-bond acceptors (Lipinski definition) is 5. The molecule has 0 N–H and O–H groups in total. The molecular formula is C20H17FN4O3S. The van der Waals surface area contributed by atoms with E-state index in [1.54, 1.807) is 6.07 Å². The summed E-state index contributed by atoms with van der Waals surface area (Å²) in [6, 6.07) is 14.9. The molecule has 3 aromatic rings. The SMILES string of the molecule is O=C(CS(=O)(=O)c1nccn1-c1cccc(F)c1)N1CCC(c2ccccc2)=N1. The quantitative estimate of drug-likeness (QED) is 0.644. The fraction of sp³-hybridized carbons (Fsp3) is 0.150. The maximum Gasteiger partial charge on any atom is 0.258 e. The van der Waals surface area contributed by atoms with Crippen molar-refractivity contribution in [2.24, 2.45) is 5.10 Å². The van der Waals surface area contributed by atoms with Crippen molar-refractivity contribution in [3.05, 3.63) is 78.4 Å². The second kappa shape index (κ2) is 7.59. The van der Waals surface area contributed by atoms with Crippen molar-refractivity contribution in [1.82, 2.24) is 14.6 Å². The van der Waals surface area contributed by atoms with Crippen LogP contribution in [0.1, 0.15) is 12.0 Å². The van der Waals surface area contributed by atoms with E-state index < -0.39 is 27.3 Å². The Kier molecular flexibility index (Phi) is 4.98. The molecule has 0 saturated carbocycles. The molecule has 0 fully saturated rings. The van der Waals surface area contributed by atoms with Crippen LogP contribution in [0, 0.1) is 5.82 Å².